The lowest BCUT2D eigenvalue weighted by atomic mass is 10.0. The molecule has 0 saturated carbocycles. The number of hydrogen-bond donors (Lipinski definition) is 1. The van der Waals surface area contributed by atoms with Crippen LogP contribution in [0.2, 0.25) is 0 Å². The Balaban J connectivity index is 2.19. The molecule has 4 nitrogen and oxygen atoms in total. The summed E-state index contributed by atoms with van der Waals surface area (Å²) in [5.74, 6) is 0.965. The lowest BCUT2D eigenvalue weighted by molar-refractivity contribution is -0.0555. The Labute approximate surface area is 122 Å². The van der Waals surface area contributed by atoms with E-state index in [0.717, 1.165) is 38.6 Å². The van der Waals surface area contributed by atoms with E-state index in [1.54, 1.807) is 7.11 Å². The van der Waals surface area contributed by atoms with Crippen molar-refractivity contribution < 1.29 is 9.47 Å². The summed E-state index contributed by atoms with van der Waals surface area (Å²) in [5.41, 5.74) is 2.60. The van der Waals surface area contributed by atoms with Gasteiger partial charge in [-0.25, -0.2) is 0 Å². The second-order valence-corrected chi connectivity index (χ2v) is 5.96. The molecule has 2 rings (SSSR count). The highest BCUT2D eigenvalue weighted by atomic mass is 16.5. The fourth-order valence-corrected chi connectivity index (χ4v) is 2.66. The maximum atomic E-state index is 5.59. The molecule has 20 heavy (non-hydrogen) atoms. The number of rotatable bonds is 5. The van der Waals surface area contributed by atoms with Crippen molar-refractivity contribution in [2.24, 2.45) is 0 Å². The second kappa shape index (κ2) is 6.57. The minimum atomic E-state index is 0.0717. The van der Waals surface area contributed by atoms with Crippen LogP contribution < -0.4 is 10.1 Å². The first-order valence-corrected chi connectivity index (χ1v) is 7.20. The molecule has 1 aliphatic heterocycles. The van der Waals surface area contributed by atoms with Gasteiger partial charge >= 0.3 is 0 Å². The van der Waals surface area contributed by atoms with Gasteiger partial charge in [0.2, 0.25) is 0 Å². The van der Waals surface area contributed by atoms with Crippen molar-refractivity contribution in [2.45, 2.75) is 32.5 Å². The first-order chi connectivity index (χ1) is 9.56. The number of ether oxygens (including phenoxy) is 2. The molecule has 1 N–H and O–H groups in total. The van der Waals surface area contributed by atoms with Crippen molar-refractivity contribution in [1.29, 1.82) is 0 Å². The molecule has 0 aliphatic carbocycles. The highest BCUT2D eigenvalue weighted by Gasteiger charge is 2.30. The molecule has 4 heteroatoms. The number of hydrogen-bond acceptors (Lipinski definition) is 4. The monoisotopic (exact) mass is 278 g/mol. The summed E-state index contributed by atoms with van der Waals surface area (Å²) in [6.07, 6.45) is 0. The Morgan fingerprint density at radius 1 is 1.40 bits per heavy atom. The number of morpholine rings is 1. The molecule has 0 atom stereocenters. The SMILES string of the molecule is CNCc1ccc(OC)c(CN2CCOCC2(C)C)c1. The van der Waals surface area contributed by atoms with Gasteiger partial charge in [0.05, 0.1) is 20.3 Å². The highest BCUT2D eigenvalue weighted by molar-refractivity contribution is 5.37. The van der Waals surface area contributed by atoms with E-state index >= 15 is 0 Å². The van der Waals surface area contributed by atoms with Crippen molar-refractivity contribution in [2.75, 3.05) is 33.9 Å². The van der Waals surface area contributed by atoms with Crippen LogP contribution in [0.1, 0.15) is 25.0 Å². The quantitative estimate of drug-likeness (QED) is 0.893. The Bertz CT molecular complexity index is 446. The molecular formula is C16H26N2O2. The number of nitrogens with one attached hydrogen (secondary N) is 1. The molecule has 1 aromatic rings. The zero-order chi connectivity index (χ0) is 14.6. The first-order valence-electron chi connectivity index (χ1n) is 7.20. The summed E-state index contributed by atoms with van der Waals surface area (Å²) < 4.78 is 11.1. The van der Waals surface area contributed by atoms with Gasteiger partial charge in [0.25, 0.3) is 0 Å². The van der Waals surface area contributed by atoms with Crippen LogP contribution in [0.25, 0.3) is 0 Å². The van der Waals surface area contributed by atoms with Gasteiger partial charge in [-0.1, -0.05) is 6.07 Å². The molecule has 1 fully saturated rings. The van der Waals surface area contributed by atoms with Gasteiger partial charge < -0.3 is 14.8 Å². The third-order valence-electron chi connectivity index (χ3n) is 3.90. The molecule has 0 bridgehead atoms. The van der Waals surface area contributed by atoms with Crippen molar-refractivity contribution in [1.82, 2.24) is 10.2 Å². The minimum Gasteiger partial charge on any atom is -0.496 e. The van der Waals surface area contributed by atoms with Crippen LogP contribution in [0, 0.1) is 0 Å². The lowest BCUT2D eigenvalue weighted by Gasteiger charge is -2.42. The van der Waals surface area contributed by atoms with Gasteiger partial charge in [0.15, 0.2) is 0 Å². The van der Waals surface area contributed by atoms with E-state index in [0.29, 0.717) is 0 Å². The Morgan fingerprint density at radius 3 is 2.85 bits per heavy atom. The van der Waals surface area contributed by atoms with E-state index in [4.69, 9.17) is 9.47 Å². The third-order valence-corrected chi connectivity index (χ3v) is 3.90. The summed E-state index contributed by atoms with van der Waals surface area (Å²) in [7, 11) is 3.70. The summed E-state index contributed by atoms with van der Waals surface area (Å²) >= 11 is 0. The van der Waals surface area contributed by atoms with E-state index in [-0.39, 0.29) is 5.54 Å². The van der Waals surface area contributed by atoms with Gasteiger partial charge in [0, 0.05) is 30.7 Å². The average Bonchev–Trinajstić information content (AvgIpc) is 2.42. The maximum absolute atomic E-state index is 5.59. The number of methoxy groups -OCH3 is 1. The molecular weight excluding hydrogens is 252 g/mol. The fraction of sp³-hybridized carbons (Fsp3) is 0.625. The third kappa shape index (κ3) is 3.51. The lowest BCUT2D eigenvalue weighted by Crippen LogP contribution is -2.52. The van der Waals surface area contributed by atoms with Gasteiger partial charge in [-0.2, -0.15) is 0 Å². The zero-order valence-electron chi connectivity index (χ0n) is 13.0. The topological polar surface area (TPSA) is 33.7 Å². The number of nitrogens with zero attached hydrogens (tertiary/aromatic N) is 1. The van der Waals surface area contributed by atoms with E-state index in [2.05, 4.69) is 42.3 Å². The largest absolute Gasteiger partial charge is 0.496 e. The van der Waals surface area contributed by atoms with Crippen LogP contribution in [0.15, 0.2) is 18.2 Å². The molecule has 1 aromatic carbocycles. The Morgan fingerprint density at radius 2 is 2.20 bits per heavy atom. The molecule has 0 amide bonds. The molecule has 112 valence electrons. The van der Waals surface area contributed by atoms with Gasteiger partial charge in [-0.15, -0.1) is 0 Å². The Hall–Kier alpha value is -1.10. The number of benzene rings is 1. The van der Waals surface area contributed by atoms with Crippen LogP contribution in [0.5, 0.6) is 5.75 Å². The summed E-state index contributed by atoms with van der Waals surface area (Å²) in [4.78, 5) is 2.47. The minimum absolute atomic E-state index is 0.0717. The van der Waals surface area contributed by atoms with Gasteiger partial charge in [0.1, 0.15) is 5.75 Å². The molecule has 1 aliphatic rings. The molecule has 0 unspecified atom stereocenters. The van der Waals surface area contributed by atoms with Crippen LogP contribution in [-0.2, 0) is 17.8 Å². The van der Waals surface area contributed by atoms with Crippen LogP contribution in [0.3, 0.4) is 0 Å². The van der Waals surface area contributed by atoms with E-state index < -0.39 is 0 Å². The fourth-order valence-electron chi connectivity index (χ4n) is 2.66. The molecule has 0 spiro atoms. The predicted molar refractivity (Wildman–Crippen MR) is 81.1 cm³/mol. The van der Waals surface area contributed by atoms with Crippen molar-refractivity contribution in [3.63, 3.8) is 0 Å². The predicted octanol–water partition coefficient (Wildman–Crippen LogP) is 2.03. The van der Waals surface area contributed by atoms with Crippen LogP contribution in [0.4, 0.5) is 0 Å². The van der Waals surface area contributed by atoms with E-state index in [9.17, 15) is 0 Å². The van der Waals surface area contributed by atoms with Crippen LogP contribution in [-0.4, -0.2) is 44.4 Å². The van der Waals surface area contributed by atoms with E-state index in [1.165, 1.54) is 11.1 Å². The Kier molecular flexibility index (Phi) is 5.02. The average molecular weight is 278 g/mol. The smallest absolute Gasteiger partial charge is 0.123 e. The maximum Gasteiger partial charge on any atom is 0.123 e. The second-order valence-electron chi connectivity index (χ2n) is 5.96. The first kappa shape index (κ1) is 15.3. The van der Waals surface area contributed by atoms with Gasteiger partial charge in [-0.3, -0.25) is 4.90 Å². The van der Waals surface area contributed by atoms with E-state index in [1.807, 2.05) is 7.05 Å². The molecule has 1 heterocycles. The molecule has 0 aromatic heterocycles. The molecule has 1 saturated heterocycles. The van der Waals surface area contributed by atoms with Crippen molar-refractivity contribution in [3.05, 3.63) is 29.3 Å². The summed E-state index contributed by atoms with van der Waals surface area (Å²) in [6.45, 7) is 8.80. The van der Waals surface area contributed by atoms with Crippen molar-refractivity contribution >= 4 is 0 Å². The highest BCUT2D eigenvalue weighted by Crippen LogP contribution is 2.27. The van der Waals surface area contributed by atoms with Gasteiger partial charge in [-0.05, 0) is 38.6 Å². The zero-order valence-corrected chi connectivity index (χ0v) is 13.0. The molecule has 0 radical (unpaired) electrons. The van der Waals surface area contributed by atoms with Crippen LogP contribution >= 0.6 is 0 Å². The summed E-state index contributed by atoms with van der Waals surface area (Å²) in [5, 5.41) is 3.19. The summed E-state index contributed by atoms with van der Waals surface area (Å²) in [6, 6.07) is 6.42. The van der Waals surface area contributed by atoms with Crippen molar-refractivity contribution in [3.8, 4) is 5.75 Å². The standard InChI is InChI=1S/C16H26N2O2/c1-16(2)12-20-8-7-18(16)11-14-9-13(10-17-3)5-6-15(14)19-4/h5-6,9,17H,7-8,10-12H2,1-4H3. The normalized spacial score (nSPS) is 19.0.